The second-order valence-corrected chi connectivity index (χ2v) is 5.41. The highest BCUT2D eigenvalue weighted by Gasteiger charge is 2.26. The van der Waals surface area contributed by atoms with Crippen molar-refractivity contribution in [3.63, 3.8) is 0 Å². The summed E-state index contributed by atoms with van der Waals surface area (Å²) < 4.78 is 0. The Morgan fingerprint density at radius 1 is 1.53 bits per heavy atom. The Morgan fingerprint density at radius 2 is 2.18 bits per heavy atom. The lowest BCUT2D eigenvalue weighted by atomic mass is 9.84. The van der Waals surface area contributed by atoms with Crippen LogP contribution in [0.4, 0.5) is 0 Å². The summed E-state index contributed by atoms with van der Waals surface area (Å²) in [6.45, 7) is 6.69. The van der Waals surface area contributed by atoms with Gasteiger partial charge in [0.2, 0.25) is 0 Å². The quantitative estimate of drug-likeness (QED) is 0.810. The van der Waals surface area contributed by atoms with Gasteiger partial charge in [-0.15, -0.1) is 22.9 Å². The van der Waals surface area contributed by atoms with Crippen LogP contribution < -0.4 is 5.32 Å². The molecule has 0 aliphatic heterocycles. The third-order valence-corrected chi connectivity index (χ3v) is 4.85. The van der Waals surface area contributed by atoms with Crippen LogP contribution in [0, 0.1) is 12.3 Å². The van der Waals surface area contributed by atoms with Gasteiger partial charge in [0.25, 0.3) is 5.91 Å². The van der Waals surface area contributed by atoms with Crippen LogP contribution in [0.5, 0.6) is 0 Å². The normalized spacial score (nSPS) is 11.5. The minimum atomic E-state index is -0.0404. The number of nitrogens with zero attached hydrogens (tertiary/aromatic N) is 1. The number of rotatable bonds is 6. The number of thiazole rings is 1. The van der Waals surface area contributed by atoms with E-state index in [2.05, 4.69) is 24.1 Å². The average molecular weight is 275 g/mol. The summed E-state index contributed by atoms with van der Waals surface area (Å²) in [6.07, 6.45) is 1.93. The van der Waals surface area contributed by atoms with Crippen LogP contribution >= 0.6 is 22.9 Å². The summed E-state index contributed by atoms with van der Waals surface area (Å²) in [6, 6.07) is 0. The molecule has 0 aliphatic rings. The van der Waals surface area contributed by atoms with Crippen LogP contribution in [-0.2, 0) is 0 Å². The van der Waals surface area contributed by atoms with Crippen molar-refractivity contribution in [2.24, 2.45) is 5.41 Å². The predicted octanol–water partition coefficient (Wildman–Crippen LogP) is 3.23. The van der Waals surface area contributed by atoms with E-state index in [4.69, 9.17) is 11.6 Å². The van der Waals surface area contributed by atoms with Gasteiger partial charge < -0.3 is 5.32 Å². The van der Waals surface area contributed by atoms with Gasteiger partial charge in [0.05, 0.1) is 11.2 Å². The summed E-state index contributed by atoms with van der Waals surface area (Å²) in [5.74, 6) is 0.531. The molecule has 1 heterocycles. The number of nitrogens with one attached hydrogen (secondary N) is 1. The van der Waals surface area contributed by atoms with Crippen LogP contribution in [-0.4, -0.2) is 23.3 Å². The highest BCUT2D eigenvalue weighted by Crippen LogP contribution is 2.27. The van der Waals surface area contributed by atoms with E-state index in [0.29, 0.717) is 17.3 Å². The van der Waals surface area contributed by atoms with E-state index in [0.717, 1.165) is 18.5 Å². The minimum Gasteiger partial charge on any atom is -0.351 e. The molecule has 0 aromatic carbocycles. The zero-order valence-electron chi connectivity index (χ0n) is 10.5. The Kier molecular flexibility index (Phi) is 5.40. The van der Waals surface area contributed by atoms with Crippen molar-refractivity contribution in [1.29, 1.82) is 0 Å². The molecule has 1 N–H and O–H groups in total. The van der Waals surface area contributed by atoms with Crippen molar-refractivity contribution < 1.29 is 4.79 Å². The topological polar surface area (TPSA) is 42.0 Å². The maximum Gasteiger partial charge on any atom is 0.263 e. The van der Waals surface area contributed by atoms with Gasteiger partial charge in [-0.3, -0.25) is 4.79 Å². The van der Waals surface area contributed by atoms with Gasteiger partial charge in [0.15, 0.2) is 0 Å². The highest BCUT2D eigenvalue weighted by atomic mass is 35.5. The third-order valence-electron chi connectivity index (χ3n) is 3.36. The molecule has 0 atom stereocenters. The van der Waals surface area contributed by atoms with E-state index in [1.54, 1.807) is 5.51 Å². The number of alkyl halides is 1. The SMILES string of the molecule is CCC(CC)(CCl)CNC(=O)c1scnc1C. The zero-order valence-corrected chi connectivity index (χ0v) is 12.1. The van der Waals surface area contributed by atoms with E-state index in [9.17, 15) is 4.79 Å². The van der Waals surface area contributed by atoms with Crippen molar-refractivity contribution in [2.45, 2.75) is 33.6 Å². The van der Waals surface area contributed by atoms with Crippen molar-refractivity contribution in [3.05, 3.63) is 16.1 Å². The average Bonchev–Trinajstić information content (AvgIpc) is 2.78. The number of halogens is 1. The molecule has 0 unspecified atom stereocenters. The molecule has 0 bridgehead atoms. The lowest BCUT2D eigenvalue weighted by Gasteiger charge is -2.29. The van der Waals surface area contributed by atoms with Gasteiger partial charge in [-0.1, -0.05) is 13.8 Å². The summed E-state index contributed by atoms with van der Waals surface area (Å²) in [7, 11) is 0. The van der Waals surface area contributed by atoms with Gasteiger partial charge in [0, 0.05) is 17.8 Å². The Balaban J connectivity index is 2.62. The Bertz CT molecular complexity index is 366. The fraction of sp³-hybridized carbons (Fsp3) is 0.667. The Labute approximate surface area is 112 Å². The summed E-state index contributed by atoms with van der Waals surface area (Å²) in [5, 5.41) is 2.97. The number of carbonyl (C=O) groups is 1. The van der Waals surface area contributed by atoms with Crippen LogP contribution in [0.3, 0.4) is 0 Å². The number of aromatic nitrogens is 1. The van der Waals surface area contributed by atoms with E-state index in [-0.39, 0.29) is 11.3 Å². The Hall–Kier alpha value is -0.610. The number of amides is 1. The first-order valence-electron chi connectivity index (χ1n) is 5.82. The molecule has 17 heavy (non-hydrogen) atoms. The van der Waals surface area contributed by atoms with E-state index >= 15 is 0 Å². The maximum absolute atomic E-state index is 11.9. The van der Waals surface area contributed by atoms with Gasteiger partial charge in [-0.25, -0.2) is 4.98 Å². The molecule has 0 radical (unpaired) electrons. The summed E-state index contributed by atoms with van der Waals surface area (Å²) in [4.78, 5) is 16.7. The van der Waals surface area contributed by atoms with Crippen LogP contribution in [0.15, 0.2) is 5.51 Å². The molecule has 0 saturated carbocycles. The summed E-state index contributed by atoms with van der Waals surface area (Å²) in [5.41, 5.74) is 2.49. The fourth-order valence-electron chi connectivity index (χ4n) is 1.60. The number of aryl methyl sites for hydroxylation is 1. The zero-order chi connectivity index (χ0) is 12.9. The second-order valence-electron chi connectivity index (χ2n) is 4.29. The lowest BCUT2D eigenvalue weighted by Crippen LogP contribution is -2.38. The van der Waals surface area contributed by atoms with Crippen molar-refractivity contribution in [2.75, 3.05) is 12.4 Å². The van der Waals surface area contributed by atoms with Gasteiger partial charge in [-0.05, 0) is 19.8 Å². The predicted molar refractivity (Wildman–Crippen MR) is 72.9 cm³/mol. The second kappa shape index (κ2) is 6.36. The molecule has 0 fully saturated rings. The molecular formula is C12H19ClN2OS. The Morgan fingerprint density at radius 3 is 2.59 bits per heavy atom. The van der Waals surface area contributed by atoms with Crippen molar-refractivity contribution in [3.8, 4) is 0 Å². The standard InChI is InChI=1S/C12H19ClN2OS/c1-4-12(5-2,6-13)7-14-11(16)10-9(3)15-8-17-10/h8H,4-7H2,1-3H3,(H,14,16). The molecular weight excluding hydrogens is 256 g/mol. The number of hydrogen-bond acceptors (Lipinski definition) is 3. The fourth-order valence-corrected chi connectivity index (χ4v) is 2.80. The molecule has 1 amide bonds. The first-order chi connectivity index (χ1) is 8.08. The maximum atomic E-state index is 11.9. The molecule has 0 saturated heterocycles. The van der Waals surface area contributed by atoms with Gasteiger partial charge in [0.1, 0.15) is 4.88 Å². The molecule has 1 rings (SSSR count). The highest BCUT2D eigenvalue weighted by molar-refractivity contribution is 7.11. The smallest absolute Gasteiger partial charge is 0.263 e. The van der Waals surface area contributed by atoms with E-state index < -0.39 is 0 Å². The molecule has 5 heteroatoms. The molecule has 3 nitrogen and oxygen atoms in total. The van der Waals surface area contributed by atoms with Gasteiger partial charge in [-0.2, -0.15) is 0 Å². The van der Waals surface area contributed by atoms with Crippen molar-refractivity contribution in [1.82, 2.24) is 10.3 Å². The minimum absolute atomic E-state index is 0.00973. The lowest BCUT2D eigenvalue weighted by molar-refractivity contribution is 0.0935. The van der Waals surface area contributed by atoms with E-state index in [1.807, 2.05) is 6.92 Å². The molecule has 0 spiro atoms. The number of hydrogen-bond donors (Lipinski definition) is 1. The molecule has 1 aromatic heterocycles. The molecule has 1 aromatic rings. The monoisotopic (exact) mass is 274 g/mol. The van der Waals surface area contributed by atoms with E-state index in [1.165, 1.54) is 11.3 Å². The van der Waals surface area contributed by atoms with Crippen LogP contribution in [0.2, 0.25) is 0 Å². The summed E-state index contributed by atoms with van der Waals surface area (Å²) >= 11 is 7.38. The first kappa shape index (κ1) is 14.5. The molecule has 96 valence electrons. The van der Waals surface area contributed by atoms with Crippen LogP contribution in [0.25, 0.3) is 0 Å². The van der Waals surface area contributed by atoms with Gasteiger partial charge >= 0.3 is 0 Å². The first-order valence-corrected chi connectivity index (χ1v) is 7.24. The largest absolute Gasteiger partial charge is 0.351 e. The third kappa shape index (κ3) is 3.42. The number of carbonyl (C=O) groups excluding carboxylic acids is 1. The molecule has 0 aliphatic carbocycles. The van der Waals surface area contributed by atoms with Crippen molar-refractivity contribution >= 4 is 28.8 Å². The van der Waals surface area contributed by atoms with Crippen LogP contribution in [0.1, 0.15) is 42.1 Å².